The van der Waals surface area contributed by atoms with Crippen molar-refractivity contribution in [3.8, 4) is 6.07 Å². The smallest absolute Gasteiger partial charge is 0.156 e. The molecule has 1 aromatic carbocycles. The minimum absolute atomic E-state index is 0.659. The summed E-state index contributed by atoms with van der Waals surface area (Å²) in [7, 11) is 0. The van der Waals surface area contributed by atoms with Gasteiger partial charge in [-0.1, -0.05) is 12.1 Å². The van der Waals surface area contributed by atoms with E-state index in [0.717, 1.165) is 27.9 Å². The second kappa shape index (κ2) is 3.33. The van der Waals surface area contributed by atoms with E-state index in [0.29, 0.717) is 5.56 Å². The average molecular weight is 221 g/mol. The maximum atomic E-state index is 9.23. The minimum atomic E-state index is 0.659. The largest absolute Gasteiger partial charge is 0.296 e. The number of pyridine rings is 1. The molecule has 0 atom stereocenters. The highest BCUT2D eigenvalue weighted by Crippen LogP contribution is 2.23. The van der Waals surface area contributed by atoms with Gasteiger partial charge >= 0.3 is 0 Å². The standard InChI is InChI=1S/C14H11N3/c1-9-7-10(2)17-13-6-4-3-5-12(13)16-14(17)11(9)8-15/h3-7H,1-2H3. The maximum absolute atomic E-state index is 9.23. The molecule has 0 fully saturated rings. The minimum Gasteiger partial charge on any atom is -0.296 e. The van der Waals surface area contributed by atoms with Gasteiger partial charge in [-0.05, 0) is 37.6 Å². The van der Waals surface area contributed by atoms with E-state index < -0.39 is 0 Å². The Morgan fingerprint density at radius 2 is 2.00 bits per heavy atom. The van der Waals surface area contributed by atoms with Gasteiger partial charge in [0.25, 0.3) is 0 Å². The van der Waals surface area contributed by atoms with Gasteiger partial charge < -0.3 is 0 Å². The maximum Gasteiger partial charge on any atom is 0.156 e. The number of hydrogen-bond donors (Lipinski definition) is 0. The lowest BCUT2D eigenvalue weighted by Crippen LogP contribution is -1.96. The lowest BCUT2D eigenvalue weighted by Gasteiger charge is -2.05. The number of aryl methyl sites for hydroxylation is 2. The van der Waals surface area contributed by atoms with Crippen LogP contribution in [0.1, 0.15) is 16.8 Å². The fourth-order valence-corrected chi connectivity index (χ4v) is 2.32. The molecule has 2 aromatic heterocycles. The molecular weight excluding hydrogens is 210 g/mol. The number of benzene rings is 1. The van der Waals surface area contributed by atoms with Crippen LogP contribution in [0.25, 0.3) is 16.7 Å². The average Bonchev–Trinajstić information content (AvgIpc) is 2.68. The first kappa shape index (κ1) is 9.86. The molecule has 0 bridgehead atoms. The van der Waals surface area contributed by atoms with Crippen LogP contribution in [0.5, 0.6) is 0 Å². The molecule has 17 heavy (non-hydrogen) atoms. The van der Waals surface area contributed by atoms with E-state index in [-0.39, 0.29) is 0 Å². The van der Waals surface area contributed by atoms with Gasteiger partial charge in [-0.25, -0.2) is 4.98 Å². The highest BCUT2D eigenvalue weighted by molar-refractivity contribution is 5.83. The Morgan fingerprint density at radius 1 is 1.24 bits per heavy atom. The number of fused-ring (bicyclic) bond motifs is 3. The van der Waals surface area contributed by atoms with Gasteiger partial charge in [-0.3, -0.25) is 4.40 Å². The predicted molar refractivity (Wildman–Crippen MR) is 66.9 cm³/mol. The van der Waals surface area contributed by atoms with Crippen molar-refractivity contribution in [2.45, 2.75) is 13.8 Å². The molecule has 0 spiro atoms. The topological polar surface area (TPSA) is 41.1 Å². The number of hydrogen-bond acceptors (Lipinski definition) is 2. The Bertz CT molecular complexity index is 775. The van der Waals surface area contributed by atoms with E-state index in [1.54, 1.807) is 0 Å². The van der Waals surface area contributed by atoms with Crippen molar-refractivity contribution in [2.24, 2.45) is 0 Å². The van der Waals surface area contributed by atoms with E-state index in [1.165, 1.54) is 0 Å². The van der Waals surface area contributed by atoms with Gasteiger partial charge in [0.05, 0.1) is 16.6 Å². The normalized spacial score (nSPS) is 10.9. The molecular formula is C14H11N3. The van der Waals surface area contributed by atoms with Crippen molar-refractivity contribution in [2.75, 3.05) is 0 Å². The van der Waals surface area contributed by atoms with Crippen molar-refractivity contribution in [1.82, 2.24) is 9.38 Å². The predicted octanol–water partition coefficient (Wildman–Crippen LogP) is 2.98. The van der Waals surface area contributed by atoms with Gasteiger partial charge in [0.15, 0.2) is 5.65 Å². The number of nitriles is 1. The van der Waals surface area contributed by atoms with Crippen LogP contribution in [0.15, 0.2) is 30.3 Å². The molecule has 3 aromatic rings. The summed E-state index contributed by atoms with van der Waals surface area (Å²) in [6.45, 7) is 3.99. The van der Waals surface area contributed by atoms with Crippen LogP contribution < -0.4 is 0 Å². The molecule has 0 radical (unpaired) electrons. The molecule has 0 saturated carbocycles. The molecule has 0 aliphatic heterocycles. The molecule has 3 heteroatoms. The van der Waals surface area contributed by atoms with Crippen molar-refractivity contribution >= 4 is 16.7 Å². The van der Waals surface area contributed by atoms with Crippen LogP contribution in [0.3, 0.4) is 0 Å². The number of aromatic nitrogens is 2. The van der Waals surface area contributed by atoms with Crippen LogP contribution in [0, 0.1) is 25.2 Å². The molecule has 3 nitrogen and oxygen atoms in total. The van der Waals surface area contributed by atoms with Crippen molar-refractivity contribution in [1.29, 1.82) is 5.26 Å². The summed E-state index contributed by atoms with van der Waals surface area (Å²) in [5.74, 6) is 0. The molecule has 0 unspecified atom stereocenters. The van der Waals surface area contributed by atoms with Crippen LogP contribution >= 0.6 is 0 Å². The molecule has 3 rings (SSSR count). The fraction of sp³-hybridized carbons (Fsp3) is 0.143. The number of nitrogens with zero attached hydrogens (tertiary/aromatic N) is 3. The first-order valence-corrected chi connectivity index (χ1v) is 5.50. The number of para-hydroxylation sites is 2. The summed E-state index contributed by atoms with van der Waals surface area (Å²) >= 11 is 0. The molecule has 82 valence electrons. The van der Waals surface area contributed by atoms with E-state index in [1.807, 2.05) is 48.6 Å². The third kappa shape index (κ3) is 1.24. The SMILES string of the molecule is Cc1cc(C)n2c(nc3ccccc32)c1C#N. The summed E-state index contributed by atoms with van der Waals surface area (Å²) in [6.07, 6.45) is 0. The Balaban J connectivity index is 2.65. The molecule has 0 aliphatic rings. The fourth-order valence-electron chi connectivity index (χ4n) is 2.32. The summed E-state index contributed by atoms with van der Waals surface area (Å²) in [5, 5.41) is 9.23. The van der Waals surface area contributed by atoms with Gasteiger partial charge in [0.1, 0.15) is 6.07 Å². The van der Waals surface area contributed by atoms with Crippen LogP contribution in [0.2, 0.25) is 0 Å². The zero-order valence-electron chi connectivity index (χ0n) is 9.73. The quantitative estimate of drug-likeness (QED) is 0.585. The van der Waals surface area contributed by atoms with E-state index in [2.05, 4.69) is 11.1 Å². The lowest BCUT2D eigenvalue weighted by molar-refractivity contribution is 1.10. The highest BCUT2D eigenvalue weighted by atomic mass is 15.0. The number of rotatable bonds is 0. The molecule has 0 N–H and O–H groups in total. The zero-order chi connectivity index (χ0) is 12.0. The van der Waals surface area contributed by atoms with E-state index >= 15 is 0 Å². The Kier molecular flexibility index (Phi) is 1.93. The highest BCUT2D eigenvalue weighted by Gasteiger charge is 2.12. The molecule has 0 aliphatic carbocycles. The van der Waals surface area contributed by atoms with Crippen LogP contribution in [-0.2, 0) is 0 Å². The molecule has 0 amide bonds. The van der Waals surface area contributed by atoms with Gasteiger partial charge in [0, 0.05) is 5.69 Å². The number of imidazole rings is 1. The van der Waals surface area contributed by atoms with Gasteiger partial charge in [-0.15, -0.1) is 0 Å². The second-order valence-electron chi connectivity index (χ2n) is 4.22. The van der Waals surface area contributed by atoms with E-state index in [4.69, 9.17) is 0 Å². The van der Waals surface area contributed by atoms with Gasteiger partial charge in [0.2, 0.25) is 0 Å². The molecule has 2 heterocycles. The zero-order valence-corrected chi connectivity index (χ0v) is 9.73. The first-order valence-electron chi connectivity index (χ1n) is 5.50. The van der Waals surface area contributed by atoms with E-state index in [9.17, 15) is 5.26 Å². The lowest BCUT2D eigenvalue weighted by atomic mass is 10.1. The summed E-state index contributed by atoms with van der Waals surface area (Å²) in [4.78, 5) is 4.55. The Labute approximate surface area is 98.9 Å². The summed E-state index contributed by atoms with van der Waals surface area (Å²) < 4.78 is 2.04. The summed E-state index contributed by atoms with van der Waals surface area (Å²) in [5.41, 5.74) is 5.48. The second-order valence-corrected chi connectivity index (χ2v) is 4.22. The van der Waals surface area contributed by atoms with Crippen LogP contribution in [-0.4, -0.2) is 9.38 Å². The molecule has 0 saturated heterocycles. The first-order chi connectivity index (χ1) is 8.22. The Morgan fingerprint density at radius 3 is 2.76 bits per heavy atom. The third-order valence-electron chi connectivity index (χ3n) is 3.07. The third-order valence-corrected chi connectivity index (χ3v) is 3.07. The van der Waals surface area contributed by atoms with Crippen molar-refractivity contribution in [3.63, 3.8) is 0 Å². The monoisotopic (exact) mass is 221 g/mol. The van der Waals surface area contributed by atoms with Crippen molar-refractivity contribution < 1.29 is 0 Å². The van der Waals surface area contributed by atoms with Gasteiger partial charge in [-0.2, -0.15) is 5.26 Å². The van der Waals surface area contributed by atoms with Crippen LogP contribution in [0.4, 0.5) is 0 Å². The summed E-state index contributed by atoms with van der Waals surface area (Å²) in [6, 6.07) is 12.2. The Hall–Kier alpha value is -2.34. The van der Waals surface area contributed by atoms with Crippen molar-refractivity contribution in [3.05, 3.63) is 47.2 Å².